The van der Waals surface area contributed by atoms with E-state index < -0.39 is 0 Å². The van der Waals surface area contributed by atoms with Crippen LogP contribution in [0.4, 0.5) is 34.4 Å². The summed E-state index contributed by atoms with van der Waals surface area (Å²) in [5.74, 6) is 1.70. The molecule has 7 aromatic carbocycles. The van der Waals surface area contributed by atoms with E-state index in [0.29, 0.717) is 0 Å². The molecular formula is C44H30N4. The van der Waals surface area contributed by atoms with Crippen molar-refractivity contribution in [2.24, 2.45) is 0 Å². The first-order valence-electron chi connectivity index (χ1n) is 16.2. The Hall–Kier alpha value is -6.52. The van der Waals surface area contributed by atoms with E-state index in [2.05, 4.69) is 180 Å². The Morgan fingerprint density at radius 1 is 0.312 bits per heavy atom. The minimum absolute atomic E-state index is 0.849. The largest absolute Gasteiger partial charge is 0.294 e. The first-order valence-corrected chi connectivity index (χ1v) is 16.2. The fourth-order valence-electron chi connectivity index (χ4n) is 6.72. The topological polar surface area (TPSA) is 32.3 Å². The zero-order valence-electron chi connectivity index (χ0n) is 26.1. The van der Waals surface area contributed by atoms with Gasteiger partial charge in [-0.1, -0.05) is 109 Å². The van der Waals surface area contributed by atoms with Crippen LogP contribution < -0.4 is 9.80 Å². The molecule has 0 amide bonds. The second-order valence-corrected chi connectivity index (χ2v) is 11.9. The van der Waals surface area contributed by atoms with Crippen molar-refractivity contribution in [1.29, 1.82) is 0 Å². The molecule has 2 heterocycles. The zero-order valence-corrected chi connectivity index (χ0v) is 26.1. The van der Waals surface area contributed by atoms with Crippen molar-refractivity contribution < 1.29 is 0 Å². The van der Waals surface area contributed by atoms with Crippen LogP contribution in [0.1, 0.15) is 0 Å². The van der Waals surface area contributed by atoms with Crippen molar-refractivity contribution in [3.8, 4) is 0 Å². The zero-order chi connectivity index (χ0) is 31.9. The highest BCUT2D eigenvalue weighted by atomic mass is 15.2. The van der Waals surface area contributed by atoms with Gasteiger partial charge < -0.3 is 0 Å². The van der Waals surface area contributed by atoms with Gasteiger partial charge in [-0.25, -0.2) is 9.97 Å². The average molecular weight is 615 g/mol. The lowest BCUT2D eigenvalue weighted by Crippen LogP contribution is -2.12. The number of pyridine rings is 2. The summed E-state index contributed by atoms with van der Waals surface area (Å²) in [6.07, 6.45) is 0. The van der Waals surface area contributed by atoms with Crippen molar-refractivity contribution in [1.82, 2.24) is 9.97 Å². The summed E-state index contributed by atoms with van der Waals surface area (Å²) in [5.41, 5.74) is 6.05. The predicted octanol–water partition coefficient (Wildman–Crippen LogP) is 12.0. The Bertz CT molecular complexity index is 2390. The van der Waals surface area contributed by atoms with Crippen molar-refractivity contribution >= 4 is 77.7 Å². The van der Waals surface area contributed by atoms with E-state index >= 15 is 0 Å². The molecule has 0 aliphatic carbocycles. The van der Waals surface area contributed by atoms with Crippen LogP contribution in [0.25, 0.3) is 43.4 Å². The first-order chi connectivity index (χ1) is 23.8. The number of fused-ring (bicyclic) bond motifs is 4. The van der Waals surface area contributed by atoms with Crippen molar-refractivity contribution in [3.05, 3.63) is 182 Å². The Labute approximate surface area is 278 Å². The molecule has 0 aliphatic rings. The number of aromatic nitrogens is 2. The monoisotopic (exact) mass is 614 g/mol. The molecule has 9 rings (SSSR count). The summed E-state index contributed by atoms with van der Waals surface area (Å²) in [5, 5.41) is 6.86. The molecule has 0 fully saturated rings. The minimum Gasteiger partial charge on any atom is -0.294 e. The van der Waals surface area contributed by atoms with Crippen LogP contribution >= 0.6 is 0 Å². The van der Waals surface area contributed by atoms with Crippen molar-refractivity contribution in [2.75, 3.05) is 9.80 Å². The molecule has 0 aliphatic heterocycles. The molecule has 0 atom stereocenters. The summed E-state index contributed by atoms with van der Waals surface area (Å²) in [6.45, 7) is 0. The van der Waals surface area contributed by atoms with E-state index in [-0.39, 0.29) is 0 Å². The van der Waals surface area contributed by atoms with Gasteiger partial charge in [0.05, 0.1) is 22.4 Å². The van der Waals surface area contributed by atoms with Gasteiger partial charge in [-0.3, -0.25) is 9.80 Å². The lowest BCUT2D eigenvalue weighted by molar-refractivity contribution is 1.21. The standard InChI is InChI=1S/C44H30N4/c1-3-17-35(18-4-1)47(41-23-11-15-31-13-7-9-21-37(31)41)43-27-25-33-29-34-26-28-44(46-40(34)30-39(33)45-43)48(36-19-5-2-6-20-36)42-24-12-16-32-14-8-10-22-38(32)42/h1-30H. The van der Waals surface area contributed by atoms with Crippen LogP contribution in [0.5, 0.6) is 0 Å². The quantitative estimate of drug-likeness (QED) is 0.174. The molecule has 2 aromatic heterocycles. The number of para-hydroxylation sites is 2. The number of nitrogens with zero attached hydrogens (tertiary/aromatic N) is 4. The minimum atomic E-state index is 0.849. The Kier molecular flexibility index (Phi) is 6.76. The maximum atomic E-state index is 5.29. The van der Waals surface area contributed by atoms with Gasteiger partial charge in [0.15, 0.2) is 0 Å². The van der Waals surface area contributed by atoms with Gasteiger partial charge >= 0.3 is 0 Å². The van der Waals surface area contributed by atoms with Gasteiger partial charge in [0.1, 0.15) is 11.6 Å². The molecule has 226 valence electrons. The lowest BCUT2D eigenvalue weighted by atomic mass is 10.1. The molecule has 9 aromatic rings. The molecular weight excluding hydrogens is 585 g/mol. The second kappa shape index (κ2) is 11.7. The third-order valence-electron chi connectivity index (χ3n) is 8.97. The summed E-state index contributed by atoms with van der Waals surface area (Å²) in [7, 11) is 0. The summed E-state index contributed by atoms with van der Waals surface area (Å²) < 4.78 is 0. The molecule has 0 spiro atoms. The molecule has 0 bridgehead atoms. The number of hydrogen-bond donors (Lipinski definition) is 0. The summed E-state index contributed by atoms with van der Waals surface area (Å²) in [4.78, 5) is 15.1. The highest BCUT2D eigenvalue weighted by Crippen LogP contribution is 2.40. The van der Waals surface area contributed by atoms with Crippen molar-refractivity contribution in [2.45, 2.75) is 0 Å². The van der Waals surface area contributed by atoms with Crippen LogP contribution in [-0.2, 0) is 0 Å². The highest BCUT2D eigenvalue weighted by Gasteiger charge is 2.19. The third-order valence-corrected chi connectivity index (χ3v) is 8.97. The molecule has 0 unspecified atom stereocenters. The average Bonchev–Trinajstić information content (AvgIpc) is 3.15. The van der Waals surface area contributed by atoms with E-state index in [1.165, 1.54) is 21.5 Å². The number of benzene rings is 7. The van der Waals surface area contributed by atoms with Gasteiger partial charge in [-0.2, -0.15) is 0 Å². The van der Waals surface area contributed by atoms with Gasteiger partial charge in [0.2, 0.25) is 0 Å². The van der Waals surface area contributed by atoms with Gasteiger partial charge in [0.25, 0.3) is 0 Å². The van der Waals surface area contributed by atoms with Crippen LogP contribution in [0.3, 0.4) is 0 Å². The fraction of sp³-hybridized carbons (Fsp3) is 0. The molecule has 0 radical (unpaired) electrons. The predicted molar refractivity (Wildman–Crippen MR) is 201 cm³/mol. The SMILES string of the molecule is c1ccc(N(c2ccc3cc4ccc(N(c5ccccc5)c5cccc6ccccc56)nc4cc3n2)c2cccc3ccccc23)cc1. The molecule has 0 saturated carbocycles. The van der Waals surface area contributed by atoms with E-state index in [9.17, 15) is 0 Å². The second-order valence-electron chi connectivity index (χ2n) is 11.9. The normalized spacial score (nSPS) is 11.3. The number of rotatable bonds is 6. The molecule has 0 N–H and O–H groups in total. The smallest absolute Gasteiger partial charge is 0.138 e. The summed E-state index contributed by atoms with van der Waals surface area (Å²) >= 11 is 0. The highest BCUT2D eigenvalue weighted by molar-refractivity contribution is 6.02. The van der Waals surface area contributed by atoms with E-state index in [4.69, 9.17) is 9.97 Å². The first kappa shape index (κ1) is 27.8. The van der Waals surface area contributed by atoms with Gasteiger partial charge in [-0.05, 0) is 83.6 Å². The molecule has 4 heteroatoms. The van der Waals surface area contributed by atoms with Crippen LogP contribution in [0.15, 0.2) is 182 Å². The lowest BCUT2D eigenvalue weighted by Gasteiger charge is -2.26. The van der Waals surface area contributed by atoms with Gasteiger partial charge in [0, 0.05) is 32.9 Å². The van der Waals surface area contributed by atoms with Crippen LogP contribution in [0.2, 0.25) is 0 Å². The fourth-order valence-corrected chi connectivity index (χ4v) is 6.72. The number of anilines is 6. The Balaban J connectivity index is 1.21. The van der Waals surface area contributed by atoms with Crippen LogP contribution in [-0.4, -0.2) is 9.97 Å². The maximum Gasteiger partial charge on any atom is 0.138 e. The molecule has 48 heavy (non-hydrogen) atoms. The van der Waals surface area contributed by atoms with Crippen molar-refractivity contribution in [3.63, 3.8) is 0 Å². The Morgan fingerprint density at radius 2 is 0.729 bits per heavy atom. The van der Waals surface area contributed by atoms with E-state index in [1.54, 1.807) is 0 Å². The maximum absolute atomic E-state index is 5.29. The number of hydrogen-bond acceptors (Lipinski definition) is 4. The van der Waals surface area contributed by atoms with Gasteiger partial charge in [-0.15, -0.1) is 0 Å². The molecule has 4 nitrogen and oxygen atoms in total. The van der Waals surface area contributed by atoms with E-state index in [0.717, 1.165) is 56.2 Å². The van der Waals surface area contributed by atoms with E-state index in [1.807, 2.05) is 12.1 Å². The third kappa shape index (κ3) is 4.88. The Morgan fingerprint density at radius 3 is 1.21 bits per heavy atom. The molecule has 0 saturated heterocycles. The summed E-state index contributed by atoms with van der Waals surface area (Å²) in [6, 6.07) is 63.7. The van der Waals surface area contributed by atoms with Crippen LogP contribution in [0, 0.1) is 0 Å².